The van der Waals surface area contributed by atoms with Crippen LogP contribution in [-0.4, -0.2) is 38.1 Å². The van der Waals surface area contributed by atoms with Crippen LogP contribution in [0.2, 0.25) is 0 Å². The van der Waals surface area contributed by atoms with Gasteiger partial charge >= 0.3 is 0 Å². The molecule has 156 valence electrons. The molecule has 7 heteroatoms. The minimum Gasteiger partial charge on any atom is -0.339 e. The summed E-state index contributed by atoms with van der Waals surface area (Å²) in [6.07, 6.45) is 8.54. The molecule has 2 aliphatic rings. The zero-order valence-corrected chi connectivity index (χ0v) is 17.0. The van der Waals surface area contributed by atoms with Crippen LogP contribution in [-0.2, 0) is 6.54 Å². The molecule has 2 fully saturated rings. The Kier molecular flexibility index (Phi) is 4.31. The maximum Gasteiger partial charge on any atom is 0.230 e. The van der Waals surface area contributed by atoms with Gasteiger partial charge in [-0.1, -0.05) is 11.2 Å². The zero-order valence-electron chi connectivity index (χ0n) is 17.0. The fourth-order valence-electron chi connectivity index (χ4n) is 4.96. The second-order valence-electron chi connectivity index (χ2n) is 8.70. The lowest BCUT2D eigenvalue weighted by atomic mass is 9.90. The Morgan fingerprint density at radius 1 is 1.10 bits per heavy atom. The van der Waals surface area contributed by atoms with E-state index in [1.54, 1.807) is 36.8 Å². The molecule has 4 heterocycles. The lowest BCUT2D eigenvalue weighted by molar-refractivity contribution is 0.159. The van der Waals surface area contributed by atoms with Gasteiger partial charge in [-0.15, -0.1) is 0 Å². The zero-order chi connectivity index (χ0) is 20.8. The second kappa shape index (κ2) is 7.20. The van der Waals surface area contributed by atoms with E-state index in [-0.39, 0.29) is 11.2 Å². The molecule has 1 saturated carbocycles. The van der Waals surface area contributed by atoms with Gasteiger partial charge in [-0.3, -0.25) is 14.9 Å². The fraction of sp³-hybridized carbons (Fsp3) is 0.333. The Labute approximate surface area is 179 Å². The summed E-state index contributed by atoms with van der Waals surface area (Å²) in [4.78, 5) is 15.6. The summed E-state index contributed by atoms with van der Waals surface area (Å²) in [5.41, 5.74) is 3.00. The molecule has 0 bridgehead atoms. The van der Waals surface area contributed by atoms with Crippen molar-refractivity contribution < 1.29 is 8.91 Å². The van der Waals surface area contributed by atoms with E-state index in [1.165, 1.54) is 0 Å². The first-order chi connectivity index (χ1) is 15.2. The van der Waals surface area contributed by atoms with Crippen molar-refractivity contribution in [1.82, 2.24) is 25.0 Å². The van der Waals surface area contributed by atoms with E-state index in [2.05, 4.69) is 25.0 Å². The molecule has 1 aliphatic heterocycles. The van der Waals surface area contributed by atoms with Crippen LogP contribution in [0.4, 0.5) is 4.39 Å². The maximum atomic E-state index is 14.1. The predicted octanol–water partition coefficient (Wildman–Crippen LogP) is 4.59. The summed E-state index contributed by atoms with van der Waals surface area (Å²) < 4.78 is 19.7. The minimum absolute atomic E-state index is 0.213. The van der Waals surface area contributed by atoms with Crippen LogP contribution in [0.5, 0.6) is 0 Å². The molecule has 1 aromatic carbocycles. The number of hydrogen-bond acceptors (Lipinski definition) is 6. The Morgan fingerprint density at radius 2 is 1.97 bits per heavy atom. The maximum absolute atomic E-state index is 14.1. The monoisotopic (exact) mass is 415 g/mol. The van der Waals surface area contributed by atoms with Gasteiger partial charge in [0.15, 0.2) is 0 Å². The molecule has 1 spiro atoms. The third-order valence-corrected chi connectivity index (χ3v) is 6.90. The van der Waals surface area contributed by atoms with Crippen LogP contribution in [0.15, 0.2) is 59.5 Å². The molecule has 1 saturated heterocycles. The van der Waals surface area contributed by atoms with Crippen LogP contribution in [0.3, 0.4) is 0 Å². The number of hydrogen-bond donors (Lipinski definition) is 0. The molecule has 1 atom stereocenters. The van der Waals surface area contributed by atoms with Crippen molar-refractivity contribution in [3.63, 3.8) is 0 Å². The van der Waals surface area contributed by atoms with Crippen molar-refractivity contribution in [1.29, 1.82) is 0 Å². The van der Waals surface area contributed by atoms with Gasteiger partial charge in [0.1, 0.15) is 5.82 Å². The van der Waals surface area contributed by atoms with Crippen LogP contribution in [0.1, 0.15) is 36.6 Å². The number of fused-ring (bicyclic) bond motifs is 1. The third-order valence-electron chi connectivity index (χ3n) is 6.90. The average Bonchev–Trinajstić information content (AvgIpc) is 3.28. The predicted molar refractivity (Wildman–Crippen MR) is 114 cm³/mol. The lowest BCUT2D eigenvalue weighted by Crippen LogP contribution is -2.34. The van der Waals surface area contributed by atoms with Gasteiger partial charge in [-0.2, -0.15) is 4.98 Å². The standard InChI is InChI=1S/C24H22FN5O/c25-20-6-5-17(21-18(20)4-2-10-27-21)15-30-11-7-24(8-12-30)13-19(24)23-28-22(29-31-23)16-3-1-9-26-14-16/h1-6,9-10,14,19H,7-8,11-13,15H2/t19-/m0/s1. The molecule has 6 rings (SSSR count). The van der Waals surface area contributed by atoms with Crippen molar-refractivity contribution in [3.05, 3.63) is 72.3 Å². The number of benzene rings is 1. The van der Waals surface area contributed by atoms with Crippen molar-refractivity contribution in [3.8, 4) is 11.4 Å². The number of rotatable bonds is 4. The SMILES string of the molecule is Fc1ccc(CN2CCC3(CC2)C[C@H]3c2nc(-c3cccnc3)no2)c2ncccc12. The smallest absolute Gasteiger partial charge is 0.230 e. The molecule has 0 N–H and O–H groups in total. The van der Waals surface area contributed by atoms with E-state index in [4.69, 9.17) is 4.52 Å². The van der Waals surface area contributed by atoms with Crippen molar-refractivity contribution in [2.45, 2.75) is 31.7 Å². The number of pyridine rings is 2. The molecule has 4 aromatic rings. The molecular formula is C24H22FN5O. The molecule has 6 nitrogen and oxygen atoms in total. The van der Waals surface area contributed by atoms with E-state index in [9.17, 15) is 4.39 Å². The van der Waals surface area contributed by atoms with Crippen LogP contribution < -0.4 is 0 Å². The summed E-state index contributed by atoms with van der Waals surface area (Å²) in [5.74, 6) is 1.50. The highest BCUT2D eigenvalue weighted by atomic mass is 19.1. The van der Waals surface area contributed by atoms with E-state index >= 15 is 0 Å². The first-order valence-corrected chi connectivity index (χ1v) is 10.7. The van der Waals surface area contributed by atoms with E-state index in [1.807, 2.05) is 18.2 Å². The van der Waals surface area contributed by atoms with Gasteiger partial charge < -0.3 is 4.52 Å². The first-order valence-electron chi connectivity index (χ1n) is 10.7. The van der Waals surface area contributed by atoms with Crippen LogP contribution in [0, 0.1) is 11.2 Å². The largest absolute Gasteiger partial charge is 0.339 e. The Morgan fingerprint density at radius 3 is 2.81 bits per heavy atom. The van der Waals surface area contributed by atoms with Gasteiger partial charge in [0.25, 0.3) is 0 Å². The Bertz CT molecular complexity index is 1230. The normalized spacial score (nSPS) is 20.4. The van der Waals surface area contributed by atoms with Crippen LogP contribution in [0.25, 0.3) is 22.3 Å². The number of piperidine rings is 1. The van der Waals surface area contributed by atoms with Gasteiger partial charge in [-0.05, 0) is 73.7 Å². The summed E-state index contributed by atoms with van der Waals surface area (Å²) >= 11 is 0. The number of nitrogens with zero attached hydrogens (tertiary/aromatic N) is 5. The highest BCUT2D eigenvalue weighted by Gasteiger charge is 2.58. The van der Waals surface area contributed by atoms with E-state index in [0.29, 0.717) is 17.1 Å². The van der Waals surface area contributed by atoms with Crippen molar-refractivity contribution >= 4 is 10.9 Å². The molecule has 0 amide bonds. The molecule has 3 aromatic heterocycles. The first kappa shape index (κ1) is 18.6. The minimum atomic E-state index is -0.213. The quantitative estimate of drug-likeness (QED) is 0.486. The average molecular weight is 415 g/mol. The fourth-order valence-corrected chi connectivity index (χ4v) is 4.96. The molecule has 0 unspecified atom stereocenters. The summed E-state index contributed by atoms with van der Waals surface area (Å²) in [5, 5.41) is 4.75. The number of likely N-dealkylation sites (tertiary alicyclic amines) is 1. The van der Waals surface area contributed by atoms with Crippen LogP contribution >= 0.6 is 0 Å². The van der Waals surface area contributed by atoms with Crippen molar-refractivity contribution in [2.24, 2.45) is 5.41 Å². The van der Waals surface area contributed by atoms with Gasteiger partial charge in [0, 0.05) is 42.0 Å². The number of aromatic nitrogens is 4. The highest BCUT2D eigenvalue weighted by Crippen LogP contribution is 2.64. The molecular weight excluding hydrogens is 393 g/mol. The van der Waals surface area contributed by atoms with E-state index in [0.717, 1.165) is 61.4 Å². The third kappa shape index (κ3) is 3.29. The van der Waals surface area contributed by atoms with E-state index < -0.39 is 0 Å². The highest BCUT2D eigenvalue weighted by molar-refractivity contribution is 5.82. The summed E-state index contributed by atoms with van der Waals surface area (Å²) in [6, 6.07) is 10.8. The van der Waals surface area contributed by atoms with Gasteiger partial charge in [0.05, 0.1) is 5.52 Å². The molecule has 1 aliphatic carbocycles. The summed E-state index contributed by atoms with van der Waals surface area (Å²) in [7, 11) is 0. The molecule has 0 radical (unpaired) electrons. The Balaban J connectivity index is 1.13. The number of halogens is 1. The molecule has 31 heavy (non-hydrogen) atoms. The topological polar surface area (TPSA) is 67.9 Å². The lowest BCUT2D eigenvalue weighted by Gasteiger charge is -2.32. The van der Waals surface area contributed by atoms with Gasteiger partial charge in [-0.25, -0.2) is 4.39 Å². The Hall–Kier alpha value is -3.19. The summed E-state index contributed by atoms with van der Waals surface area (Å²) in [6.45, 7) is 2.80. The van der Waals surface area contributed by atoms with Gasteiger partial charge in [0.2, 0.25) is 11.7 Å². The van der Waals surface area contributed by atoms with Crippen molar-refractivity contribution in [2.75, 3.05) is 13.1 Å². The second-order valence-corrected chi connectivity index (χ2v) is 8.70.